The molecule has 1 aliphatic rings. The first-order chi connectivity index (χ1) is 4.70. The normalized spacial score (nSPS) is 18.6. The molecular weight excluding hydrogens is 173 g/mol. The Morgan fingerprint density at radius 3 is 2.80 bits per heavy atom. The first kappa shape index (κ1) is 7.89. The van der Waals surface area contributed by atoms with E-state index < -0.39 is 5.37 Å². The zero-order chi connectivity index (χ0) is 7.56. The molecule has 0 N–H and O–H groups in total. The van der Waals surface area contributed by atoms with Crippen LogP contribution in [-0.2, 0) is 0 Å². The average Bonchev–Trinajstić information content (AvgIpc) is 1.88. The molecule has 0 aromatic heterocycles. The van der Waals surface area contributed by atoms with E-state index in [1.54, 1.807) is 6.08 Å². The lowest BCUT2D eigenvalue weighted by Crippen LogP contribution is -2.30. The number of amides is 1. The number of hydrogen-bond acceptors (Lipinski definition) is 1. The van der Waals surface area contributed by atoms with E-state index in [2.05, 4.69) is 0 Å². The summed E-state index contributed by atoms with van der Waals surface area (Å²) in [5, 5.41) is 0.412. The van der Waals surface area contributed by atoms with Gasteiger partial charge in [-0.3, -0.25) is 4.79 Å². The average molecular weight is 180 g/mol. The molecule has 0 saturated heterocycles. The molecule has 4 heteroatoms. The van der Waals surface area contributed by atoms with E-state index in [0.717, 1.165) is 11.5 Å². The van der Waals surface area contributed by atoms with Crippen LogP contribution in [0.3, 0.4) is 0 Å². The quantitative estimate of drug-likeness (QED) is 0.413. The number of carbonyl (C=O) groups excluding carboxylic acids is 1. The zero-order valence-electron chi connectivity index (χ0n) is 5.31. The highest BCUT2D eigenvalue weighted by atomic mass is 35.5. The minimum absolute atomic E-state index is 0.402. The SMILES string of the molecule is O=C(Cl)N1CC=C(Cl)CC1. The van der Waals surface area contributed by atoms with Crippen molar-refractivity contribution in [2.45, 2.75) is 6.42 Å². The Bertz CT molecular complexity index is 179. The smallest absolute Gasteiger partial charge is 0.316 e. The van der Waals surface area contributed by atoms with E-state index in [1.807, 2.05) is 0 Å². The minimum Gasteiger partial charge on any atom is -0.325 e. The van der Waals surface area contributed by atoms with Crippen molar-refractivity contribution in [1.82, 2.24) is 4.90 Å². The van der Waals surface area contributed by atoms with E-state index in [9.17, 15) is 4.79 Å². The van der Waals surface area contributed by atoms with Gasteiger partial charge in [-0.15, -0.1) is 0 Å². The van der Waals surface area contributed by atoms with Gasteiger partial charge in [0.05, 0.1) is 0 Å². The molecule has 0 aromatic rings. The number of hydrogen-bond donors (Lipinski definition) is 0. The highest BCUT2D eigenvalue weighted by Gasteiger charge is 2.13. The van der Waals surface area contributed by atoms with Crippen LogP contribution in [0.4, 0.5) is 4.79 Å². The lowest BCUT2D eigenvalue weighted by Gasteiger charge is -2.21. The van der Waals surface area contributed by atoms with Gasteiger partial charge < -0.3 is 4.90 Å². The van der Waals surface area contributed by atoms with Crippen LogP contribution in [0.2, 0.25) is 0 Å². The van der Waals surface area contributed by atoms with Gasteiger partial charge in [0.25, 0.3) is 0 Å². The second-order valence-electron chi connectivity index (χ2n) is 2.10. The summed E-state index contributed by atoms with van der Waals surface area (Å²) < 4.78 is 0. The molecule has 0 unspecified atom stereocenters. The third-order valence-corrected chi connectivity index (χ3v) is 1.98. The Labute approximate surface area is 69.4 Å². The second-order valence-corrected chi connectivity index (χ2v) is 2.91. The van der Waals surface area contributed by atoms with Crippen LogP contribution in [0.1, 0.15) is 6.42 Å². The Morgan fingerprint density at radius 1 is 1.70 bits per heavy atom. The van der Waals surface area contributed by atoms with Crippen molar-refractivity contribution in [2.75, 3.05) is 13.1 Å². The molecule has 1 rings (SSSR count). The summed E-state index contributed by atoms with van der Waals surface area (Å²) in [5.74, 6) is 0. The third kappa shape index (κ3) is 1.89. The van der Waals surface area contributed by atoms with Crippen molar-refractivity contribution >= 4 is 28.6 Å². The highest BCUT2D eigenvalue weighted by molar-refractivity contribution is 6.62. The van der Waals surface area contributed by atoms with Gasteiger partial charge in [-0.05, 0) is 11.6 Å². The molecule has 1 amide bonds. The maximum atomic E-state index is 10.5. The van der Waals surface area contributed by atoms with Crippen molar-refractivity contribution in [1.29, 1.82) is 0 Å². The first-order valence-electron chi connectivity index (χ1n) is 2.99. The lowest BCUT2D eigenvalue weighted by atomic mass is 10.3. The number of carbonyl (C=O) groups is 1. The largest absolute Gasteiger partial charge is 0.325 e. The van der Waals surface area contributed by atoms with Crippen LogP contribution < -0.4 is 0 Å². The molecule has 1 aliphatic heterocycles. The molecule has 2 nitrogen and oxygen atoms in total. The molecule has 0 aliphatic carbocycles. The van der Waals surface area contributed by atoms with Crippen LogP contribution in [0.15, 0.2) is 11.1 Å². The fraction of sp³-hybridized carbons (Fsp3) is 0.500. The fourth-order valence-corrected chi connectivity index (χ4v) is 1.11. The van der Waals surface area contributed by atoms with Crippen LogP contribution in [-0.4, -0.2) is 23.4 Å². The summed E-state index contributed by atoms with van der Waals surface area (Å²) in [5.41, 5.74) is 0. The lowest BCUT2D eigenvalue weighted by molar-refractivity contribution is 0.226. The molecule has 0 saturated carbocycles. The van der Waals surface area contributed by atoms with Gasteiger partial charge in [-0.1, -0.05) is 17.7 Å². The molecule has 0 atom stereocenters. The molecule has 0 spiro atoms. The maximum absolute atomic E-state index is 10.5. The second kappa shape index (κ2) is 3.26. The van der Waals surface area contributed by atoms with Crippen LogP contribution >= 0.6 is 23.2 Å². The molecule has 0 radical (unpaired) electrons. The summed E-state index contributed by atoms with van der Waals surface area (Å²) in [4.78, 5) is 12.1. The van der Waals surface area contributed by atoms with Crippen LogP contribution in [0, 0.1) is 0 Å². The Morgan fingerprint density at radius 2 is 2.40 bits per heavy atom. The van der Waals surface area contributed by atoms with Crippen molar-refractivity contribution in [3.05, 3.63) is 11.1 Å². The predicted molar refractivity (Wildman–Crippen MR) is 41.4 cm³/mol. The molecule has 56 valence electrons. The Hall–Kier alpha value is -0.210. The van der Waals surface area contributed by atoms with Crippen LogP contribution in [0.25, 0.3) is 0 Å². The van der Waals surface area contributed by atoms with E-state index in [1.165, 1.54) is 4.90 Å². The van der Waals surface area contributed by atoms with Crippen LogP contribution in [0.5, 0.6) is 0 Å². The summed E-state index contributed by atoms with van der Waals surface area (Å²) in [6.45, 7) is 1.18. The summed E-state index contributed by atoms with van der Waals surface area (Å²) in [7, 11) is 0. The predicted octanol–water partition coefficient (Wildman–Crippen LogP) is 2.17. The molecular formula is C6H7Cl2NO. The third-order valence-electron chi connectivity index (χ3n) is 1.40. The first-order valence-corrected chi connectivity index (χ1v) is 3.74. The zero-order valence-corrected chi connectivity index (χ0v) is 6.82. The fourth-order valence-electron chi connectivity index (χ4n) is 0.804. The number of rotatable bonds is 0. The van der Waals surface area contributed by atoms with Gasteiger partial charge in [-0.25, -0.2) is 0 Å². The van der Waals surface area contributed by atoms with E-state index in [0.29, 0.717) is 13.1 Å². The van der Waals surface area contributed by atoms with Crippen molar-refractivity contribution in [3.63, 3.8) is 0 Å². The van der Waals surface area contributed by atoms with Gasteiger partial charge in [0, 0.05) is 24.5 Å². The Balaban J connectivity index is 2.50. The van der Waals surface area contributed by atoms with Gasteiger partial charge >= 0.3 is 5.37 Å². The molecule has 1 heterocycles. The molecule has 0 bridgehead atoms. The topological polar surface area (TPSA) is 20.3 Å². The Kier molecular flexibility index (Phi) is 2.57. The minimum atomic E-state index is -0.402. The number of halogens is 2. The highest BCUT2D eigenvalue weighted by Crippen LogP contribution is 2.14. The summed E-state index contributed by atoms with van der Waals surface area (Å²) in [6.07, 6.45) is 2.52. The van der Waals surface area contributed by atoms with Gasteiger partial charge in [0.2, 0.25) is 0 Å². The summed E-state index contributed by atoms with van der Waals surface area (Å²) in [6, 6.07) is 0. The van der Waals surface area contributed by atoms with E-state index in [4.69, 9.17) is 23.2 Å². The standard InChI is InChI=1S/C6H7Cl2NO/c7-5-1-3-9(4-2-5)6(8)10/h1H,2-4H2. The van der Waals surface area contributed by atoms with E-state index in [-0.39, 0.29) is 0 Å². The summed E-state index contributed by atoms with van der Waals surface area (Å²) >= 11 is 10.9. The van der Waals surface area contributed by atoms with Gasteiger partial charge in [-0.2, -0.15) is 0 Å². The van der Waals surface area contributed by atoms with Gasteiger partial charge in [0.15, 0.2) is 0 Å². The van der Waals surface area contributed by atoms with Crippen molar-refractivity contribution in [2.24, 2.45) is 0 Å². The molecule has 0 aromatic carbocycles. The monoisotopic (exact) mass is 179 g/mol. The maximum Gasteiger partial charge on any atom is 0.316 e. The van der Waals surface area contributed by atoms with Crippen molar-refractivity contribution in [3.8, 4) is 0 Å². The van der Waals surface area contributed by atoms with Crippen molar-refractivity contribution < 1.29 is 4.79 Å². The van der Waals surface area contributed by atoms with E-state index >= 15 is 0 Å². The molecule has 10 heavy (non-hydrogen) atoms. The number of nitrogens with zero attached hydrogens (tertiary/aromatic N) is 1. The molecule has 0 fully saturated rings. The van der Waals surface area contributed by atoms with Gasteiger partial charge in [0.1, 0.15) is 0 Å².